The number of rotatable bonds is 9. The van der Waals surface area contributed by atoms with E-state index in [1.54, 1.807) is 35.8 Å². The molecule has 2 N–H and O–H groups in total. The Morgan fingerprint density at radius 2 is 1.83 bits per heavy atom. The smallest absolute Gasteiger partial charge is 0.267 e. The molecule has 0 aliphatic heterocycles. The molecule has 9 nitrogen and oxygen atoms in total. The summed E-state index contributed by atoms with van der Waals surface area (Å²) in [6.07, 6.45) is 0.361. The molecule has 0 fully saturated rings. The molecule has 0 radical (unpaired) electrons. The van der Waals surface area contributed by atoms with Crippen molar-refractivity contribution in [2.75, 3.05) is 6.54 Å². The summed E-state index contributed by atoms with van der Waals surface area (Å²) < 4.78 is 6.88. The third kappa shape index (κ3) is 5.16. The number of aromatic nitrogens is 3. The Labute approximate surface area is 212 Å². The van der Waals surface area contributed by atoms with E-state index < -0.39 is 11.9 Å². The van der Waals surface area contributed by atoms with E-state index in [4.69, 9.17) is 21.9 Å². The summed E-state index contributed by atoms with van der Waals surface area (Å²) in [6, 6.07) is 15.3. The van der Waals surface area contributed by atoms with Crippen molar-refractivity contribution < 1.29 is 14.1 Å². The van der Waals surface area contributed by atoms with Crippen molar-refractivity contribution >= 4 is 34.5 Å². The first kappa shape index (κ1) is 25.1. The molecule has 1 unspecified atom stereocenters. The summed E-state index contributed by atoms with van der Waals surface area (Å²) in [6.45, 7) is 3.84. The maximum atomic E-state index is 13.7. The van der Waals surface area contributed by atoms with Gasteiger partial charge in [-0.05, 0) is 43.2 Å². The fourth-order valence-corrected chi connectivity index (χ4v) is 4.31. The number of benzene rings is 2. The van der Waals surface area contributed by atoms with Gasteiger partial charge in [0.15, 0.2) is 0 Å². The van der Waals surface area contributed by atoms with Crippen molar-refractivity contribution in [1.82, 2.24) is 19.6 Å². The second kappa shape index (κ2) is 10.7. The normalized spacial score (nSPS) is 12.0. The van der Waals surface area contributed by atoms with Crippen LogP contribution in [0.25, 0.3) is 11.1 Å². The molecule has 10 heteroatoms. The summed E-state index contributed by atoms with van der Waals surface area (Å²) in [5, 5.41) is 4.70. The molecule has 4 aromatic rings. The Kier molecular flexibility index (Phi) is 7.49. The van der Waals surface area contributed by atoms with Gasteiger partial charge >= 0.3 is 0 Å². The standard InChI is InChI=1S/C26H26ClN5O4/c1-3-20(31(14-13-21(28)33)25(34)18-9-11-19(27)12-10-18)23-29-24-22(16(2)30-36-24)26(35)32(23)15-17-7-5-4-6-8-17/h4-12,20H,3,13-15H2,1-2H3,(H2,28,33). The Morgan fingerprint density at radius 3 is 2.47 bits per heavy atom. The molecule has 186 valence electrons. The van der Waals surface area contributed by atoms with Gasteiger partial charge in [0, 0.05) is 23.6 Å². The Hall–Kier alpha value is -3.98. The number of nitrogens with two attached hydrogens (primary N) is 1. The molecule has 1 atom stereocenters. The van der Waals surface area contributed by atoms with Gasteiger partial charge in [0.05, 0.1) is 18.3 Å². The molecule has 2 amide bonds. The van der Waals surface area contributed by atoms with Crippen molar-refractivity contribution in [3.05, 3.63) is 92.6 Å². The molecule has 0 saturated carbocycles. The zero-order chi connectivity index (χ0) is 25.8. The average molecular weight is 508 g/mol. The zero-order valence-electron chi connectivity index (χ0n) is 20.0. The second-order valence-corrected chi connectivity index (χ2v) is 8.88. The monoisotopic (exact) mass is 507 g/mol. The zero-order valence-corrected chi connectivity index (χ0v) is 20.7. The van der Waals surface area contributed by atoms with E-state index in [0.717, 1.165) is 5.56 Å². The van der Waals surface area contributed by atoms with E-state index >= 15 is 0 Å². The van der Waals surface area contributed by atoms with Crippen LogP contribution in [0.1, 0.15) is 53.2 Å². The van der Waals surface area contributed by atoms with Crippen LogP contribution >= 0.6 is 11.6 Å². The maximum absolute atomic E-state index is 13.7. The SMILES string of the molecule is CCC(c1nc2onc(C)c2c(=O)n1Cc1ccccc1)N(CCC(N)=O)C(=O)c1ccc(Cl)cc1. The minimum absolute atomic E-state index is 0.0456. The second-order valence-electron chi connectivity index (χ2n) is 8.44. The summed E-state index contributed by atoms with van der Waals surface area (Å²) in [7, 11) is 0. The first-order valence-electron chi connectivity index (χ1n) is 11.6. The maximum Gasteiger partial charge on any atom is 0.267 e. The third-order valence-electron chi connectivity index (χ3n) is 5.99. The molecule has 0 aliphatic rings. The molecule has 0 bridgehead atoms. The van der Waals surface area contributed by atoms with Crippen LogP contribution < -0.4 is 11.3 Å². The van der Waals surface area contributed by atoms with Gasteiger partial charge in [-0.3, -0.25) is 19.0 Å². The number of halogens is 1. The van der Waals surface area contributed by atoms with Crippen LogP contribution in [0.2, 0.25) is 5.02 Å². The highest BCUT2D eigenvalue weighted by atomic mass is 35.5. The van der Waals surface area contributed by atoms with Crippen molar-refractivity contribution in [3.63, 3.8) is 0 Å². The molecule has 2 heterocycles. The van der Waals surface area contributed by atoms with Gasteiger partial charge in [0.2, 0.25) is 5.91 Å². The van der Waals surface area contributed by atoms with E-state index in [0.29, 0.717) is 28.5 Å². The summed E-state index contributed by atoms with van der Waals surface area (Å²) in [4.78, 5) is 45.1. The minimum Gasteiger partial charge on any atom is -0.370 e. The van der Waals surface area contributed by atoms with Crippen molar-refractivity contribution in [2.45, 2.75) is 39.3 Å². The van der Waals surface area contributed by atoms with Gasteiger partial charge in [0.25, 0.3) is 17.2 Å². The van der Waals surface area contributed by atoms with Gasteiger partial charge in [-0.25, -0.2) is 0 Å². The van der Waals surface area contributed by atoms with Gasteiger partial charge in [0.1, 0.15) is 11.2 Å². The number of carbonyl (C=O) groups excluding carboxylic acids is 2. The summed E-state index contributed by atoms with van der Waals surface area (Å²) in [5.74, 6) is -0.550. The van der Waals surface area contributed by atoms with Crippen molar-refractivity contribution in [1.29, 1.82) is 0 Å². The number of nitrogens with zero attached hydrogens (tertiary/aromatic N) is 4. The van der Waals surface area contributed by atoms with Crippen LogP contribution in [0, 0.1) is 6.92 Å². The van der Waals surface area contributed by atoms with Crippen LogP contribution in [-0.4, -0.2) is 38.0 Å². The Morgan fingerprint density at radius 1 is 1.14 bits per heavy atom. The highest BCUT2D eigenvalue weighted by Crippen LogP contribution is 2.27. The van der Waals surface area contributed by atoms with Crippen molar-refractivity contribution in [3.8, 4) is 0 Å². The predicted octanol–water partition coefficient (Wildman–Crippen LogP) is 3.86. The van der Waals surface area contributed by atoms with E-state index in [2.05, 4.69) is 10.1 Å². The fraction of sp³-hybridized carbons (Fsp3) is 0.269. The molecule has 2 aromatic heterocycles. The van der Waals surface area contributed by atoms with E-state index in [1.807, 2.05) is 37.3 Å². The lowest BCUT2D eigenvalue weighted by molar-refractivity contribution is -0.118. The average Bonchev–Trinajstić information content (AvgIpc) is 3.24. The molecular weight excluding hydrogens is 482 g/mol. The minimum atomic E-state index is -0.654. The van der Waals surface area contributed by atoms with Gasteiger partial charge in [-0.15, -0.1) is 0 Å². The van der Waals surface area contributed by atoms with Gasteiger partial charge in [-0.1, -0.05) is 54.0 Å². The lowest BCUT2D eigenvalue weighted by Gasteiger charge is -2.32. The number of hydrogen-bond acceptors (Lipinski definition) is 6. The van der Waals surface area contributed by atoms with Gasteiger partial charge < -0.3 is 15.2 Å². The number of fused-ring (bicyclic) bond motifs is 1. The number of primary amides is 1. The molecule has 2 aromatic carbocycles. The molecular formula is C26H26ClN5O4. The number of aryl methyl sites for hydroxylation is 1. The third-order valence-corrected chi connectivity index (χ3v) is 6.24. The Balaban J connectivity index is 1.87. The lowest BCUT2D eigenvalue weighted by Crippen LogP contribution is -2.40. The molecule has 36 heavy (non-hydrogen) atoms. The molecule has 0 spiro atoms. The van der Waals surface area contributed by atoms with E-state index in [1.165, 1.54) is 4.90 Å². The molecule has 0 aliphatic carbocycles. The predicted molar refractivity (Wildman–Crippen MR) is 136 cm³/mol. The first-order valence-corrected chi connectivity index (χ1v) is 11.9. The van der Waals surface area contributed by atoms with E-state index in [-0.39, 0.29) is 42.1 Å². The van der Waals surface area contributed by atoms with E-state index in [9.17, 15) is 14.4 Å². The summed E-state index contributed by atoms with van der Waals surface area (Å²) >= 11 is 6.01. The van der Waals surface area contributed by atoms with Crippen LogP contribution in [0.4, 0.5) is 0 Å². The van der Waals surface area contributed by atoms with Gasteiger partial charge in [-0.2, -0.15) is 4.98 Å². The first-order chi connectivity index (χ1) is 17.3. The van der Waals surface area contributed by atoms with Crippen LogP contribution in [0.5, 0.6) is 0 Å². The van der Waals surface area contributed by atoms with Crippen LogP contribution in [0.15, 0.2) is 63.9 Å². The molecule has 0 saturated heterocycles. The number of hydrogen-bond donors (Lipinski definition) is 1. The number of amides is 2. The largest absolute Gasteiger partial charge is 0.370 e. The molecule has 4 rings (SSSR count). The topological polar surface area (TPSA) is 124 Å². The fourth-order valence-electron chi connectivity index (χ4n) is 4.19. The highest BCUT2D eigenvalue weighted by Gasteiger charge is 2.30. The van der Waals surface area contributed by atoms with Crippen LogP contribution in [0.3, 0.4) is 0 Å². The Bertz CT molecular complexity index is 1450. The van der Waals surface area contributed by atoms with Crippen molar-refractivity contribution in [2.24, 2.45) is 5.73 Å². The van der Waals surface area contributed by atoms with Crippen LogP contribution in [-0.2, 0) is 11.3 Å². The quantitative estimate of drug-likeness (QED) is 0.366. The highest BCUT2D eigenvalue weighted by molar-refractivity contribution is 6.30. The number of carbonyl (C=O) groups is 2. The lowest BCUT2D eigenvalue weighted by atomic mass is 10.1. The summed E-state index contributed by atoms with van der Waals surface area (Å²) in [5.41, 5.74) is 6.92.